The summed E-state index contributed by atoms with van der Waals surface area (Å²) >= 11 is 0. The first-order valence-electron chi connectivity index (χ1n) is 3.18. The summed E-state index contributed by atoms with van der Waals surface area (Å²) in [5, 5.41) is 8.53. The first kappa shape index (κ1) is 10.6. The van der Waals surface area contributed by atoms with Crippen molar-refractivity contribution in [3.8, 4) is 0 Å². The van der Waals surface area contributed by atoms with Crippen LogP contribution in [-0.4, -0.2) is 32.8 Å². The molecule has 0 aliphatic heterocycles. The Labute approximate surface area is 68.2 Å². The third kappa shape index (κ3) is 4.10. The summed E-state index contributed by atoms with van der Waals surface area (Å²) in [5.41, 5.74) is 4.13. The Morgan fingerprint density at radius 2 is 2.18 bits per heavy atom. The van der Waals surface area contributed by atoms with Crippen molar-refractivity contribution in [3.63, 3.8) is 0 Å². The lowest BCUT2D eigenvalue weighted by molar-refractivity contribution is -0.142. The number of nitrogens with two attached hydrogens (primary N) is 1. The van der Waals surface area contributed by atoms with E-state index in [4.69, 9.17) is 10.8 Å². The molecule has 0 aromatic carbocycles. The SMILES string of the molecule is CS(=O)CCC(C)(N)C(=O)O. The Kier molecular flexibility index (Phi) is 3.68. The van der Waals surface area contributed by atoms with Gasteiger partial charge in [-0.05, 0) is 13.3 Å². The molecule has 0 aromatic heterocycles. The maximum atomic E-state index is 10.6. The Hall–Kier alpha value is -0.420. The zero-order chi connectivity index (χ0) is 9.07. The minimum absolute atomic E-state index is 0.242. The van der Waals surface area contributed by atoms with Gasteiger partial charge in [-0.3, -0.25) is 9.00 Å². The van der Waals surface area contributed by atoms with E-state index in [-0.39, 0.29) is 6.42 Å². The highest BCUT2D eigenvalue weighted by Gasteiger charge is 2.27. The first-order valence-corrected chi connectivity index (χ1v) is 4.91. The molecular weight excluding hydrogens is 166 g/mol. The largest absolute Gasteiger partial charge is 0.480 e. The summed E-state index contributed by atoms with van der Waals surface area (Å²) in [6.45, 7) is 1.42. The molecule has 0 radical (unpaired) electrons. The fourth-order valence-corrected chi connectivity index (χ4v) is 1.17. The van der Waals surface area contributed by atoms with Gasteiger partial charge in [0.25, 0.3) is 0 Å². The van der Waals surface area contributed by atoms with Crippen LogP contribution in [0.3, 0.4) is 0 Å². The molecule has 2 unspecified atom stereocenters. The van der Waals surface area contributed by atoms with Crippen LogP contribution in [0.2, 0.25) is 0 Å². The number of aliphatic carboxylic acids is 1. The highest BCUT2D eigenvalue weighted by molar-refractivity contribution is 7.84. The van der Waals surface area contributed by atoms with Gasteiger partial charge in [-0.1, -0.05) is 0 Å². The van der Waals surface area contributed by atoms with Crippen LogP contribution in [0.25, 0.3) is 0 Å². The molecule has 0 rings (SSSR count). The molecule has 0 aliphatic rings. The summed E-state index contributed by atoms with van der Waals surface area (Å²) in [7, 11) is -0.972. The van der Waals surface area contributed by atoms with Gasteiger partial charge in [-0.2, -0.15) is 0 Å². The highest BCUT2D eigenvalue weighted by atomic mass is 32.2. The van der Waals surface area contributed by atoms with Crippen molar-refractivity contribution < 1.29 is 14.1 Å². The molecule has 4 nitrogen and oxygen atoms in total. The Morgan fingerprint density at radius 1 is 1.73 bits per heavy atom. The van der Waals surface area contributed by atoms with E-state index in [0.29, 0.717) is 5.75 Å². The van der Waals surface area contributed by atoms with E-state index in [1.165, 1.54) is 13.2 Å². The third-order valence-electron chi connectivity index (χ3n) is 1.40. The van der Waals surface area contributed by atoms with E-state index >= 15 is 0 Å². The summed E-state index contributed by atoms with van der Waals surface area (Å²) in [5.74, 6) is -0.720. The van der Waals surface area contributed by atoms with Gasteiger partial charge in [0.2, 0.25) is 0 Å². The monoisotopic (exact) mass is 179 g/mol. The molecule has 0 saturated carbocycles. The summed E-state index contributed by atoms with van der Waals surface area (Å²) in [6.07, 6.45) is 1.77. The Balaban J connectivity index is 3.92. The quantitative estimate of drug-likeness (QED) is 0.613. The predicted molar refractivity (Wildman–Crippen MR) is 43.8 cm³/mol. The molecule has 0 amide bonds. The molecule has 66 valence electrons. The van der Waals surface area contributed by atoms with Gasteiger partial charge in [0.15, 0.2) is 0 Å². The van der Waals surface area contributed by atoms with Gasteiger partial charge < -0.3 is 10.8 Å². The third-order valence-corrected chi connectivity index (χ3v) is 2.18. The van der Waals surface area contributed by atoms with Crippen LogP contribution < -0.4 is 5.73 Å². The lowest BCUT2D eigenvalue weighted by atomic mass is 10.0. The summed E-state index contributed by atoms with van der Waals surface area (Å²) in [4.78, 5) is 10.4. The fraction of sp³-hybridized carbons (Fsp3) is 0.833. The Bertz CT molecular complexity index is 179. The van der Waals surface area contributed by atoms with Gasteiger partial charge in [0.05, 0.1) is 0 Å². The lowest BCUT2D eigenvalue weighted by Gasteiger charge is -2.17. The van der Waals surface area contributed by atoms with Crippen LogP contribution in [0.5, 0.6) is 0 Å². The van der Waals surface area contributed by atoms with Crippen LogP contribution in [0, 0.1) is 0 Å². The van der Waals surface area contributed by atoms with Gasteiger partial charge in [-0.25, -0.2) is 0 Å². The molecule has 0 aliphatic carbocycles. The smallest absolute Gasteiger partial charge is 0.323 e. The molecule has 0 heterocycles. The minimum Gasteiger partial charge on any atom is -0.480 e. The molecule has 5 heteroatoms. The number of carboxylic acids is 1. The van der Waals surface area contributed by atoms with Crippen molar-refractivity contribution in [3.05, 3.63) is 0 Å². The standard InChI is InChI=1S/C6H13NO3S/c1-6(7,5(8)9)3-4-11(2)10/h3-4,7H2,1-2H3,(H,8,9). The zero-order valence-corrected chi connectivity index (χ0v) is 7.48. The molecule has 0 saturated heterocycles. The van der Waals surface area contributed by atoms with Crippen LogP contribution in [0.4, 0.5) is 0 Å². The van der Waals surface area contributed by atoms with Crippen molar-refractivity contribution in [1.82, 2.24) is 0 Å². The average molecular weight is 179 g/mol. The van der Waals surface area contributed by atoms with Crippen molar-refractivity contribution in [2.45, 2.75) is 18.9 Å². The number of rotatable bonds is 4. The van der Waals surface area contributed by atoms with E-state index in [9.17, 15) is 9.00 Å². The van der Waals surface area contributed by atoms with E-state index in [1.54, 1.807) is 0 Å². The number of carbonyl (C=O) groups is 1. The molecule has 0 bridgehead atoms. The molecule has 0 spiro atoms. The first-order chi connectivity index (χ1) is 4.86. The van der Waals surface area contributed by atoms with E-state index in [1.807, 2.05) is 0 Å². The van der Waals surface area contributed by atoms with Gasteiger partial charge in [-0.15, -0.1) is 0 Å². The van der Waals surface area contributed by atoms with Crippen LogP contribution in [-0.2, 0) is 15.6 Å². The summed E-state index contributed by atoms with van der Waals surface area (Å²) in [6, 6.07) is 0. The van der Waals surface area contributed by atoms with Crippen LogP contribution in [0.1, 0.15) is 13.3 Å². The van der Waals surface area contributed by atoms with E-state index < -0.39 is 22.3 Å². The van der Waals surface area contributed by atoms with Gasteiger partial charge in [0.1, 0.15) is 5.54 Å². The molecule has 2 atom stereocenters. The van der Waals surface area contributed by atoms with Crippen molar-refractivity contribution in [2.75, 3.05) is 12.0 Å². The maximum Gasteiger partial charge on any atom is 0.323 e. The highest BCUT2D eigenvalue weighted by Crippen LogP contribution is 2.05. The normalized spacial score (nSPS) is 18.8. The molecular formula is C6H13NO3S. The zero-order valence-electron chi connectivity index (χ0n) is 6.66. The predicted octanol–water partition coefficient (Wildman–Crippen LogP) is -0.443. The maximum absolute atomic E-state index is 10.6. The lowest BCUT2D eigenvalue weighted by Crippen LogP contribution is -2.45. The van der Waals surface area contributed by atoms with E-state index in [2.05, 4.69) is 0 Å². The number of carboxylic acid groups (broad SMARTS) is 1. The second-order valence-electron chi connectivity index (χ2n) is 2.75. The van der Waals surface area contributed by atoms with Crippen molar-refractivity contribution in [2.24, 2.45) is 5.73 Å². The fourth-order valence-electron chi connectivity index (χ4n) is 0.463. The number of hydrogen-bond acceptors (Lipinski definition) is 3. The molecule has 3 N–H and O–H groups in total. The molecule has 0 fully saturated rings. The second-order valence-corrected chi connectivity index (χ2v) is 4.30. The average Bonchev–Trinajstić information content (AvgIpc) is 1.84. The van der Waals surface area contributed by atoms with Gasteiger partial charge in [0, 0.05) is 22.8 Å². The van der Waals surface area contributed by atoms with Gasteiger partial charge >= 0.3 is 5.97 Å². The van der Waals surface area contributed by atoms with Crippen LogP contribution in [0.15, 0.2) is 0 Å². The second kappa shape index (κ2) is 3.82. The molecule has 0 aromatic rings. The van der Waals surface area contributed by atoms with Crippen molar-refractivity contribution in [1.29, 1.82) is 0 Å². The Morgan fingerprint density at radius 3 is 2.45 bits per heavy atom. The van der Waals surface area contributed by atoms with Crippen LogP contribution >= 0.6 is 0 Å². The summed E-state index contributed by atoms with van der Waals surface area (Å²) < 4.78 is 10.6. The minimum atomic E-state index is -1.24. The number of hydrogen-bond donors (Lipinski definition) is 2. The van der Waals surface area contributed by atoms with Crippen molar-refractivity contribution >= 4 is 16.8 Å². The van der Waals surface area contributed by atoms with E-state index in [0.717, 1.165) is 0 Å². The topological polar surface area (TPSA) is 80.4 Å². The molecule has 11 heavy (non-hydrogen) atoms.